The van der Waals surface area contributed by atoms with Crippen LogP contribution in [0, 0.1) is 10.1 Å². The van der Waals surface area contributed by atoms with Gasteiger partial charge in [0.05, 0.1) is 53.2 Å². The Bertz CT molecular complexity index is 3130. The minimum Gasteiger partial charge on any atom is -0.494 e. The number of nitro benzene ring substituents is 1. The fourth-order valence-corrected chi connectivity index (χ4v) is 11.2. The van der Waals surface area contributed by atoms with Gasteiger partial charge in [0.15, 0.2) is 11.5 Å². The Morgan fingerprint density at radius 2 is 0.772 bits per heavy atom. The van der Waals surface area contributed by atoms with Crippen molar-refractivity contribution in [2.24, 2.45) is 10.2 Å². The normalized spacial score (nSPS) is 12.0. The van der Waals surface area contributed by atoms with Crippen LogP contribution in [0.2, 0.25) is 0 Å². The molecule has 92 heavy (non-hydrogen) atoms. The van der Waals surface area contributed by atoms with Crippen molar-refractivity contribution in [2.45, 2.75) is 235 Å². The van der Waals surface area contributed by atoms with Crippen LogP contribution >= 0.6 is 0 Å². The molecule has 0 fully saturated rings. The number of ether oxygens (including phenoxy) is 6. The lowest BCUT2D eigenvalue weighted by Crippen LogP contribution is -2.24. The van der Waals surface area contributed by atoms with Crippen molar-refractivity contribution in [1.82, 2.24) is 0 Å². The van der Waals surface area contributed by atoms with Crippen molar-refractivity contribution in [3.63, 3.8) is 0 Å². The summed E-state index contributed by atoms with van der Waals surface area (Å²) in [6.07, 6.45) is 29.2. The maximum Gasteiger partial charge on any atom is 0.343 e. The molecule has 0 spiro atoms. The summed E-state index contributed by atoms with van der Waals surface area (Å²) in [6, 6.07) is 36.0. The predicted octanol–water partition coefficient (Wildman–Crippen LogP) is 23.1. The van der Waals surface area contributed by atoms with Gasteiger partial charge in [-0.2, -0.15) is 0 Å². The summed E-state index contributed by atoms with van der Waals surface area (Å²) in [6.45, 7) is 19.5. The van der Waals surface area contributed by atoms with Crippen molar-refractivity contribution in [2.75, 3.05) is 31.2 Å². The summed E-state index contributed by atoms with van der Waals surface area (Å²) >= 11 is 0. The SMILES string of the molecule is CCCCCCCCCCOc1ccc(-c2ccc(C(=O)Oc3cc(N(CC)CC)c(O[C@@H](C)CCCCCC)cc3N=Nc3cc(OC(=O)c4ccc(-c5ccc(OCCCCCCCCCC)cc5)cc4)c([N+](=O)[O-])cc3O[C@@H](C)CCCCCC)cc2)cc1. The number of rotatable bonds is 46. The zero-order chi connectivity index (χ0) is 65.7. The highest BCUT2D eigenvalue weighted by Gasteiger charge is 2.26. The Kier molecular flexibility index (Phi) is 33.2. The minimum absolute atomic E-state index is 0.0509. The summed E-state index contributed by atoms with van der Waals surface area (Å²) in [5.74, 6) is 0.543. The van der Waals surface area contributed by atoms with E-state index in [4.69, 9.17) is 38.6 Å². The zero-order valence-corrected chi connectivity index (χ0v) is 56.8. The number of benzene rings is 6. The third-order valence-corrected chi connectivity index (χ3v) is 16.8. The van der Waals surface area contributed by atoms with Gasteiger partial charge in [-0.1, -0.05) is 205 Å². The van der Waals surface area contributed by atoms with Crippen molar-refractivity contribution in [1.29, 1.82) is 0 Å². The average molecular weight is 1260 g/mol. The molecule has 0 saturated carbocycles. The van der Waals surface area contributed by atoms with E-state index in [0.29, 0.717) is 49.7 Å². The second kappa shape index (κ2) is 41.7. The number of hydrogen-bond acceptors (Lipinski definition) is 13. The summed E-state index contributed by atoms with van der Waals surface area (Å²) in [5, 5.41) is 22.4. The largest absolute Gasteiger partial charge is 0.494 e. The Balaban J connectivity index is 1.27. The first-order valence-electron chi connectivity index (χ1n) is 35.0. The number of azo groups is 1. The molecular formula is C78H106N4O10. The highest BCUT2D eigenvalue weighted by atomic mass is 16.6. The molecule has 0 aromatic heterocycles. The summed E-state index contributed by atoms with van der Waals surface area (Å²) in [7, 11) is 0. The molecule has 2 atom stereocenters. The van der Waals surface area contributed by atoms with Crippen LogP contribution in [-0.2, 0) is 0 Å². The van der Waals surface area contributed by atoms with E-state index >= 15 is 0 Å². The molecule has 0 aliphatic rings. The van der Waals surface area contributed by atoms with E-state index in [1.807, 2.05) is 86.6 Å². The first-order valence-corrected chi connectivity index (χ1v) is 35.0. The molecule has 0 amide bonds. The van der Waals surface area contributed by atoms with Crippen LogP contribution < -0.4 is 33.3 Å². The van der Waals surface area contributed by atoms with Crippen LogP contribution in [0.1, 0.15) is 243 Å². The van der Waals surface area contributed by atoms with E-state index < -0.39 is 22.5 Å². The molecule has 0 heterocycles. The van der Waals surface area contributed by atoms with E-state index in [9.17, 15) is 19.7 Å². The van der Waals surface area contributed by atoms with Gasteiger partial charge >= 0.3 is 17.6 Å². The molecule has 14 nitrogen and oxygen atoms in total. The fourth-order valence-electron chi connectivity index (χ4n) is 11.2. The van der Waals surface area contributed by atoms with Crippen LogP contribution in [0.4, 0.5) is 22.7 Å². The predicted molar refractivity (Wildman–Crippen MR) is 375 cm³/mol. The summed E-state index contributed by atoms with van der Waals surface area (Å²) in [4.78, 5) is 42.8. The van der Waals surface area contributed by atoms with E-state index in [1.54, 1.807) is 36.4 Å². The highest BCUT2D eigenvalue weighted by Crippen LogP contribution is 2.45. The minimum atomic E-state index is -0.808. The first kappa shape index (κ1) is 73.3. The van der Waals surface area contributed by atoms with Crippen molar-refractivity contribution >= 4 is 34.7 Å². The monoisotopic (exact) mass is 1260 g/mol. The van der Waals surface area contributed by atoms with Crippen molar-refractivity contribution in [3.8, 4) is 56.8 Å². The second-order valence-electron chi connectivity index (χ2n) is 24.4. The lowest BCUT2D eigenvalue weighted by molar-refractivity contribution is -0.385. The lowest BCUT2D eigenvalue weighted by atomic mass is 10.0. The maximum atomic E-state index is 14.4. The molecular weight excluding hydrogens is 1150 g/mol. The topological polar surface area (TPSA) is 161 Å². The molecule has 0 bridgehead atoms. The van der Waals surface area contributed by atoms with E-state index in [1.165, 1.54) is 95.6 Å². The van der Waals surface area contributed by atoms with Crippen LogP contribution in [0.15, 0.2) is 132 Å². The Hall–Kier alpha value is -7.74. The zero-order valence-electron chi connectivity index (χ0n) is 56.8. The van der Waals surface area contributed by atoms with Gasteiger partial charge < -0.3 is 33.3 Å². The van der Waals surface area contributed by atoms with Gasteiger partial charge in [-0.15, -0.1) is 10.2 Å². The molecule has 0 N–H and O–H groups in total. The van der Waals surface area contributed by atoms with Gasteiger partial charge in [0, 0.05) is 31.3 Å². The summed E-state index contributed by atoms with van der Waals surface area (Å²) < 4.78 is 37.6. The molecule has 6 aromatic carbocycles. The van der Waals surface area contributed by atoms with Crippen molar-refractivity contribution < 1.29 is 42.9 Å². The van der Waals surface area contributed by atoms with Crippen molar-refractivity contribution in [3.05, 3.63) is 143 Å². The van der Waals surface area contributed by atoms with Gasteiger partial charge in [-0.05, 0) is 137 Å². The molecule has 0 unspecified atom stereocenters. The number of unbranched alkanes of at least 4 members (excludes halogenated alkanes) is 20. The molecule has 0 aliphatic heterocycles. The fraction of sp³-hybridized carbons (Fsp3) is 0.513. The third-order valence-electron chi connectivity index (χ3n) is 16.8. The van der Waals surface area contributed by atoms with E-state index in [-0.39, 0.29) is 46.4 Å². The van der Waals surface area contributed by atoms with Crippen LogP contribution in [0.3, 0.4) is 0 Å². The molecule has 14 heteroatoms. The summed E-state index contributed by atoms with van der Waals surface area (Å²) in [5.41, 5.74) is 4.62. The average Bonchev–Trinajstić information content (AvgIpc) is 1.01. The number of nitro groups is 1. The highest BCUT2D eigenvalue weighted by molar-refractivity contribution is 5.93. The smallest absolute Gasteiger partial charge is 0.343 e. The molecule has 0 saturated heterocycles. The van der Waals surface area contributed by atoms with Gasteiger partial charge in [0.1, 0.15) is 28.6 Å². The first-order chi connectivity index (χ1) is 44.9. The molecule has 6 aromatic rings. The van der Waals surface area contributed by atoms with E-state index in [0.717, 1.165) is 111 Å². The molecule has 498 valence electrons. The quantitative estimate of drug-likeness (QED) is 0.00893. The molecule has 6 rings (SSSR count). The Morgan fingerprint density at radius 1 is 0.424 bits per heavy atom. The van der Waals surface area contributed by atoms with Crippen LogP contribution in [-0.4, -0.2) is 55.4 Å². The Morgan fingerprint density at radius 3 is 1.17 bits per heavy atom. The van der Waals surface area contributed by atoms with Crippen LogP contribution in [0.5, 0.6) is 34.5 Å². The number of carbonyl (C=O) groups is 2. The van der Waals surface area contributed by atoms with Crippen LogP contribution in [0.25, 0.3) is 22.3 Å². The number of esters is 2. The number of nitrogens with zero attached hydrogens (tertiary/aromatic N) is 4. The number of hydrogen-bond donors (Lipinski definition) is 0. The van der Waals surface area contributed by atoms with Gasteiger partial charge in [0.25, 0.3) is 0 Å². The third kappa shape index (κ3) is 25.0. The van der Waals surface area contributed by atoms with Gasteiger partial charge in [0.2, 0.25) is 5.75 Å². The molecule has 0 radical (unpaired) electrons. The van der Waals surface area contributed by atoms with E-state index in [2.05, 4.69) is 46.4 Å². The maximum absolute atomic E-state index is 14.4. The second-order valence-corrected chi connectivity index (χ2v) is 24.4. The van der Waals surface area contributed by atoms with Gasteiger partial charge in [-0.25, -0.2) is 9.59 Å². The van der Waals surface area contributed by atoms with Gasteiger partial charge in [-0.3, -0.25) is 10.1 Å². The Labute approximate surface area is 550 Å². The number of anilines is 1. The molecule has 0 aliphatic carbocycles. The standard InChI is InChI=1S/C78H106N4O10/c1-9-15-19-23-25-27-29-33-53-87-67-49-45-63(46-50-67)61-37-41-65(42-38-61)77(83)91-74-57-71(81(13-5)14-6)75(90-60(8)36-32-22-18-12-4)55-70(74)80-79-69-56-76(72(82(85)86)58-73(69)89-59(7)35-31-21-17-11-3)92-78(84)66-43-39-62(40-44-66)64-47-51-68(52-48-64)88-54-34-30-28-26-24-20-16-10-2/h37-52,55-60H,9-36,53-54H2,1-8H3/t59-,60-/m0/s1. The lowest BCUT2D eigenvalue weighted by Gasteiger charge is -2.26. The number of carbonyl (C=O) groups excluding carboxylic acids is 2.